The van der Waals surface area contributed by atoms with Crippen LogP contribution in [-0.2, 0) is 0 Å². The lowest BCUT2D eigenvalue weighted by atomic mass is 9.96. The number of benzene rings is 1. The maximum atomic E-state index is 15.4. The van der Waals surface area contributed by atoms with Crippen molar-refractivity contribution in [2.24, 2.45) is 0 Å². The number of imidazole rings is 1. The van der Waals surface area contributed by atoms with E-state index in [0.717, 1.165) is 28.0 Å². The molecule has 0 aliphatic rings. The van der Waals surface area contributed by atoms with Crippen LogP contribution in [0.2, 0.25) is 0 Å². The minimum absolute atomic E-state index is 0.304. The Kier molecular flexibility index (Phi) is 3.87. The smallest absolute Gasteiger partial charge is 0.152 e. The molecule has 0 radical (unpaired) electrons. The van der Waals surface area contributed by atoms with Crippen molar-refractivity contribution in [1.29, 1.82) is 0 Å². The summed E-state index contributed by atoms with van der Waals surface area (Å²) in [5.41, 5.74) is 3.85. The van der Waals surface area contributed by atoms with Crippen LogP contribution in [0, 0.1) is 12.7 Å². The van der Waals surface area contributed by atoms with Crippen molar-refractivity contribution in [3.8, 4) is 11.1 Å². The summed E-state index contributed by atoms with van der Waals surface area (Å²) in [4.78, 5) is 12.5. The van der Waals surface area contributed by atoms with Crippen LogP contribution in [-0.4, -0.2) is 36.6 Å². The number of anilines is 3. The molecule has 0 aliphatic carbocycles. The molecule has 0 fully saturated rings. The highest BCUT2D eigenvalue weighted by Crippen LogP contribution is 2.39. The molecule has 29 heavy (non-hydrogen) atoms. The number of halogens is 1. The number of nitrogens with zero attached hydrogens (tertiary/aromatic N) is 5. The third kappa shape index (κ3) is 2.75. The average molecular weight is 388 g/mol. The molecule has 0 saturated heterocycles. The van der Waals surface area contributed by atoms with Gasteiger partial charge in [0.1, 0.15) is 29.3 Å². The van der Waals surface area contributed by atoms with E-state index in [2.05, 4.69) is 35.8 Å². The standard InChI is InChI=1S/C20H17FN8/c1-11-17(12-3-4-16-26-15(22-2)9-29(16)8-12)13-7-25-28-19(13)20(18(11)21)27-14-5-6-23-10-24-14/h3-10,22H,1-2H3,(H,25,28)(H,23,24,27). The minimum Gasteiger partial charge on any atom is -0.372 e. The van der Waals surface area contributed by atoms with Crippen LogP contribution in [0.25, 0.3) is 27.7 Å². The Morgan fingerprint density at radius 1 is 1.14 bits per heavy atom. The van der Waals surface area contributed by atoms with Crippen molar-refractivity contribution in [3.05, 3.63) is 60.7 Å². The quantitative estimate of drug-likeness (QED) is 0.432. The van der Waals surface area contributed by atoms with E-state index in [1.54, 1.807) is 25.4 Å². The normalized spacial score (nSPS) is 11.3. The molecule has 4 aromatic heterocycles. The third-order valence-electron chi connectivity index (χ3n) is 4.91. The summed E-state index contributed by atoms with van der Waals surface area (Å²) in [5.74, 6) is 0.904. The van der Waals surface area contributed by atoms with Gasteiger partial charge < -0.3 is 15.0 Å². The SMILES string of the molecule is CNc1cn2cc(-c3c(C)c(F)c(Nc4ccncn4)c4[nH]ncc34)ccc2n1. The molecule has 4 heterocycles. The summed E-state index contributed by atoms with van der Waals surface area (Å²) in [5, 5.41) is 14.0. The number of nitrogens with one attached hydrogen (secondary N) is 3. The summed E-state index contributed by atoms with van der Waals surface area (Å²) in [6.45, 7) is 1.76. The zero-order valence-corrected chi connectivity index (χ0v) is 15.7. The summed E-state index contributed by atoms with van der Waals surface area (Å²) < 4.78 is 17.3. The lowest BCUT2D eigenvalue weighted by Crippen LogP contribution is -2.01. The Hall–Kier alpha value is -4.01. The van der Waals surface area contributed by atoms with Gasteiger partial charge in [-0.05, 0) is 36.2 Å². The Labute approximate surface area is 164 Å². The Morgan fingerprint density at radius 3 is 2.83 bits per heavy atom. The third-order valence-corrected chi connectivity index (χ3v) is 4.91. The highest BCUT2D eigenvalue weighted by atomic mass is 19.1. The van der Waals surface area contributed by atoms with E-state index in [-0.39, 0.29) is 5.82 Å². The molecule has 5 rings (SSSR count). The van der Waals surface area contributed by atoms with Gasteiger partial charge in [0.25, 0.3) is 0 Å². The summed E-state index contributed by atoms with van der Waals surface area (Å²) in [7, 11) is 1.82. The Morgan fingerprint density at radius 2 is 2.03 bits per heavy atom. The van der Waals surface area contributed by atoms with Gasteiger partial charge >= 0.3 is 0 Å². The molecule has 0 amide bonds. The number of aromatic nitrogens is 6. The summed E-state index contributed by atoms with van der Waals surface area (Å²) in [6.07, 6.45) is 8.54. The van der Waals surface area contributed by atoms with Crippen molar-refractivity contribution in [3.63, 3.8) is 0 Å². The van der Waals surface area contributed by atoms with Crippen LogP contribution in [0.4, 0.5) is 21.7 Å². The molecular weight excluding hydrogens is 371 g/mol. The van der Waals surface area contributed by atoms with Crippen molar-refractivity contribution < 1.29 is 4.39 Å². The van der Waals surface area contributed by atoms with E-state index >= 15 is 4.39 Å². The highest BCUT2D eigenvalue weighted by Gasteiger charge is 2.20. The number of fused-ring (bicyclic) bond motifs is 2. The van der Waals surface area contributed by atoms with E-state index in [1.807, 2.05) is 36.0 Å². The fourth-order valence-corrected chi connectivity index (χ4v) is 3.52. The van der Waals surface area contributed by atoms with Crippen LogP contribution in [0.3, 0.4) is 0 Å². The minimum atomic E-state index is -0.364. The maximum Gasteiger partial charge on any atom is 0.152 e. The zero-order chi connectivity index (χ0) is 20.0. The first-order chi connectivity index (χ1) is 14.2. The van der Waals surface area contributed by atoms with Crippen LogP contribution in [0.5, 0.6) is 0 Å². The molecule has 0 aliphatic heterocycles. The highest BCUT2D eigenvalue weighted by molar-refractivity contribution is 6.03. The number of aromatic amines is 1. The van der Waals surface area contributed by atoms with Crippen LogP contribution < -0.4 is 10.6 Å². The fourth-order valence-electron chi connectivity index (χ4n) is 3.52. The van der Waals surface area contributed by atoms with Gasteiger partial charge in [0, 0.05) is 30.4 Å². The molecule has 3 N–H and O–H groups in total. The number of hydrogen-bond acceptors (Lipinski definition) is 6. The van der Waals surface area contributed by atoms with Gasteiger partial charge in [-0.25, -0.2) is 19.3 Å². The monoisotopic (exact) mass is 388 g/mol. The predicted molar refractivity (Wildman–Crippen MR) is 110 cm³/mol. The first kappa shape index (κ1) is 17.1. The van der Waals surface area contributed by atoms with Gasteiger partial charge in [0.15, 0.2) is 5.82 Å². The van der Waals surface area contributed by atoms with Crippen molar-refractivity contribution >= 4 is 33.9 Å². The Bertz CT molecular complexity index is 1340. The van der Waals surface area contributed by atoms with Crippen LogP contribution in [0.15, 0.2) is 49.3 Å². The number of pyridine rings is 1. The van der Waals surface area contributed by atoms with Crippen molar-refractivity contribution in [2.75, 3.05) is 17.7 Å². The summed E-state index contributed by atoms with van der Waals surface area (Å²) >= 11 is 0. The molecule has 0 spiro atoms. The molecule has 0 atom stereocenters. The molecule has 0 saturated carbocycles. The van der Waals surface area contributed by atoms with Gasteiger partial charge in [0.2, 0.25) is 0 Å². The van der Waals surface area contributed by atoms with E-state index in [0.29, 0.717) is 22.6 Å². The van der Waals surface area contributed by atoms with E-state index in [4.69, 9.17) is 0 Å². The molecular formula is C20H17FN8. The van der Waals surface area contributed by atoms with Gasteiger partial charge in [0.05, 0.1) is 17.9 Å². The van der Waals surface area contributed by atoms with Gasteiger partial charge in [-0.1, -0.05) is 0 Å². The second-order valence-corrected chi connectivity index (χ2v) is 6.63. The average Bonchev–Trinajstić information content (AvgIpc) is 3.38. The predicted octanol–water partition coefficient (Wildman–Crippen LogP) is 3.90. The van der Waals surface area contributed by atoms with Crippen LogP contribution >= 0.6 is 0 Å². The van der Waals surface area contributed by atoms with Crippen molar-refractivity contribution in [1.82, 2.24) is 29.5 Å². The molecule has 5 aromatic rings. The van der Waals surface area contributed by atoms with E-state index < -0.39 is 0 Å². The second kappa shape index (κ2) is 6.55. The molecule has 0 bridgehead atoms. The lowest BCUT2D eigenvalue weighted by molar-refractivity contribution is 0.624. The number of hydrogen-bond donors (Lipinski definition) is 3. The molecule has 8 nitrogen and oxygen atoms in total. The topological polar surface area (TPSA) is 95.8 Å². The Balaban J connectivity index is 1.70. The molecule has 1 aromatic carbocycles. The number of H-pyrrole nitrogens is 1. The van der Waals surface area contributed by atoms with Gasteiger partial charge in [-0.15, -0.1) is 0 Å². The molecule has 9 heteroatoms. The van der Waals surface area contributed by atoms with E-state index in [9.17, 15) is 0 Å². The first-order valence-corrected chi connectivity index (χ1v) is 9.00. The van der Waals surface area contributed by atoms with Crippen molar-refractivity contribution in [2.45, 2.75) is 6.92 Å². The first-order valence-electron chi connectivity index (χ1n) is 9.00. The maximum absolute atomic E-state index is 15.4. The zero-order valence-electron chi connectivity index (χ0n) is 15.7. The van der Waals surface area contributed by atoms with Crippen LogP contribution in [0.1, 0.15) is 5.56 Å². The lowest BCUT2D eigenvalue weighted by Gasteiger charge is -2.15. The van der Waals surface area contributed by atoms with Gasteiger partial charge in [-0.2, -0.15) is 5.10 Å². The fraction of sp³-hybridized carbons (Fsp3) is 0.100. The number of rotatable bonds is 4. The molecule has 0 unspecified atom stereocenters. The van der Waals surface area contributed by atoms with Gasteiger partial charge in [-0.3, -0.25) is 5.10 Å². The molecule has 144 valence electrons. The van der Waals surface area contributed by atoms with E-state index in [1.165, 1.54) is 6.33 Å². The second-order valence-electron chi connectivity index (χ2n) is 6.63. The summed E-state index contributed by atoms with van der Waals surface area (Å²) in [6, 6.07) is 5.53. The largest absolute Gasteiger partial charge is 0.372 e.